The van der Waals surface area contributed by atoms with Crippen LogP contribution in [0.3, 0.4) is 0 Å². The highest BCUT2D eigenvalue weighted by atomic mass is 35.5. The predicted molar refractivity (Wildman–Crippen MR) is 111 cm³/mol. The highest BCUT2D eigenvalue weighted by Gasteiger charge is 2.17. The Bertz CT molecular complexity index is 1220. The van der Waals surface area contributed by atoms with Gasteiger partial charge in [-0.15, -0.1) is 11.3 Å². The van der Waals surface area contributed by atoms with Crippen molar-refractivity contribution in [2.45, 2.75) is 0 Å². The van der Waals surface area contributed by atoms with E-state index in [-0.39, 0.29) is 16.3 Å². The zero-order valence-electron chi connectivity index (χ0n) is 14.3. The van der Waals surface area contributed by atoms with Crippen molar-refractivity contribution < 1.29 is 9.72 Å². The largest absolute Gasteiger partial charge is 0.298 e. The highest BCUT2D eigenvalue weighted by Crippen LogP contribution is 2.31. The van der Waals surface area contributed by atoms with Gasteiger partial charge in [-0.1, -0.05) is 54.1 Å². The number of nitrogens with zero attached hydrogens (tertiary/aromatic N) is 2. The number of non-ortho nitro benzene ring substituents is 1. The van der Waals surface area contributed by atoms with E-state index >= 15 is 0 Å². The van der Waals surface area contributed by atoms with Gasteiger partial charge in [0.2, 0.25) is 0 Å². The molecule has 1 heterocycles. The van der Waals surface area contributed by atoms with Crippen LogP contribution in [0.1, 0.15) is 10.4 Å². The number of nitrogens with one attached hydrogen (secondary N) is 1. The highest BCUT2D eigenvalue weighted by molar-refractivity contribution is 7.14. The monoisotopic (exact) mass is 409 g/mol. The van der Waals surface area contributed by atoms with E-state index in [9.17, 15) is 14.9 Å². The van der Waals surface area contributed by atoms with Crippen molar-refractivity contribution in [3.05, 3.63) is 86.7 Å². The second-order valence-corrected chi connectivity index (χ2v) is 7.21. The Morgan fingerprint density at radius 1 is 1.11 bits per heavy atom. The molecule has 0 fully saturated rings. The van der Waals surface area contributed by atoms with Crippen LogP contribution < -0.4 is 5.32 Å². The van der Waals surface area contributed by atoms with Crippen molar-refractivity contribution in [1.29, 1.82) is 0 Å². The molecule has 0 spiro atoms. The Morgan fingerprint density at radius 2 is 1.89 bits per heavy atom. The number of rotatable bonds is 4. The molecule has 0 bridgehead atoms. The maximum atomic E-state index is 12.5. The van der Waals surface area contributed by atoms with Crippen molar-refractivity contribution >= 4 is 50.4 Å². The lowest BCUT2D eigenvalue weighted by atomic mass is 10.0. The van der Waals surface area contributed by atoms with Gasteiger partial charge in [-0.25, -0.2) is 4.98 Å². The summed E-state index contributed by atoms with van der Waals surface area (Å²) in [6, 6.07) is 17.7. The summed E-state index contributed by atoms with van der Waals surface area (Å²) in [4.78, 5) is 27.4. The van der Waals surface area contributed by atoms with E-state index in [0.29, 0.717) is 5.13 Å². The summed E-state index contributed by atoms with van der Waals surface area (Å²) in [7, 11) is 0. The second kappa shape index (κ2) is 7.38. The third kappa shape index (κ3) is 3.45. The van der Waals surface area contributed by atoms with Gasteiger partial charge in [0.05, 0.1) is 21.2 Å². The Kier molecular flexibility index (Phi) is 4.77. The number of carbonyl (C=O) groups is 1. The van der Waals surface area contributed by atoms with E-state index in [1.165, 1.54) is 23.5 Å². The van der Waals surface area contributed by atoms with E-state index in [1.54, 1.807) is 0 Å². The molecule has 4 rings (SSSR count). The van der Waals surface area contributed by atoms with E-state index in [1.807, 2.05) is 47.8 Å². The van der Waals surface area contributed by atoms with Crippen LogP contribution in [-0.4, -0.2) is 15.8 Å². The molecule has 28 heavy (non-hydrogen) atoms. The third-order valence-corrected chi connectivity index (χ3v) is 5.28. The average Bonchev–Trinajstić information content (AvgIpc) is 3.15. The van der Waals surface area contributed by atoms with Gasteiger partial charge in [0.25, 0.3) is 11.6 Å². The maximum Gasteiger partial charge on any atom is 0.270 e. The number of hydrogen-bond acceptors (Lipinski definition) is 5. The Morgan fingerprint density at radius 3 is 2.71 bits per heavy atom. The van der Waals surface area contributed by atoms with Gasteiger partial charge in [-0.2, -0.15) is 0 Å². The molecule has 1 N–H and O–H groups in total. The Hall–Kier alpha value is -3.29. The molecule has 3 aromatic carbocycles. The number of nitro benzene ring substituents is 1. The van der Waals surface area contributed by atoms with Crippen LogP contribution in [0.4, 0.5) is 10.8 Å². The molecular formula is C20H12ClN3O3S. The van der Waals surface area contributed by atoms with Crippen molar-refractivity contribution in [3.8, 4) is 11.3 Å². The first kappa shape index (κ1) is 18.1. The molecule has 0 aliphatic heterocycles. The molecule has 0 radical (unpaired) electrons. The van der Waals surface area contributed by atoms with Crippen LogP contribution in [0.25, 0.3) is 22.0 Å². The molecule has 0 aliphatic carbocycles. The maximum absolute atomic E-state index is 12.5. The number of amides is 1. The molecule has 6 nitrogen and oxygen atoms in total. The van der Waals surface area contributed by atoms with E-state index in [2.05, 4.69) is 10.3 Å². The zero-order valence-corrected chi connectivity index (χ0v) is 15.8. The quantitative estimate of drug-likeness (QED) is 0.342. The molecule has 0 saturated carbocycles. The van der Waals surface area contributed by atoms with E-state index in [4.69, 9.17) is 11.6 Å². The number of anilines is 1. The SMILES string of the molecule is O=C(Nc1nc(-c2cccc3ccccc23)cs1)c1cc([N+](=O)[O-])ccc1Cl. The smallest absolute Gasteiger partial charge is 0.270 e. The van der Waals surface area contributed by atoms with Crippen LogP contribution in [0, 0.1) is 10.1 Å². The number of thiazole rings is 1. The molecule has 1 aromatic heterocycles. The molecule has 0 saturated heterocycles. The van der Waals surface area contributed by atoms with Crippen molar-refractivity contribution in [3.63, 3.8) is 0 Å². The fourth-order valence-corrected chi connectivity index (χ4v) is 3.78. The summed E-state index contributed by atoms with van der Waals surface area (Å²) in [5.41, 5.74) is 1.52. The van der Waals surface area contributed by atoms with Crippen LogP contribution in [0.15, 0.2) is 66.0 Å². The lowest BCUT2D eigenvalue weighted by Crippen LogP contribution is -2.12. The first-order valence-electron chi connectivity index (χ1n) is 8.22. The van der Waals surface area contributed by atoms with E-state index < -0.39 is 10.8 Å². The minimum Gasteiger partial charge on any atom is -0.298 e. The number of hydrogen-bond donors (Lipinski definition) is 1. The summed E-state index contributed by atoms with van der Waals surface area (Å²) in [5, 5.41) is 18.1. The van der Waals surface area contributed by atoms with Gasteiger partial charge < -0.3 is 0 Å². The third-order valence-electron chi connectivity index (χ3n) is 4.20. The summed E-state index contributed by atoms with van der Waals surface area (Å²) < 4.78 is 0. The predicted octanol–water partition coefficient (Wildman–Crippen LogP) is 5.78. The minimum atomic E-state index is -0.574. The van der Waals surface area contributed by atoms with E-state index in [0.717, 1.165) is 28.1 Å². The molecule has 0 atom stereocenters. The number of aromatic nitrogens is 1. The van der Waals surface area contributed by atoms with Crippen LogP contribution in [0.2, 0.25) is 5.02 Å². The van der Waals surface area contributed by atoms with Gasteiger partial charge in [-0.05, 0) is 16.8 Å². The van der Waals surface area contributed by atoms with Crippen LogP contribution in [0.5, 0.6) is 0 Å². The van der Waals surface area contributed by atoms with Crippen molar-refractivity contribution in [2.24, 2.45) is 0 Å². The summed E-state index contributed by atoms with van der Waals surface area (Å²) in [6.07, 6.45) is 0. The molecule has 138 valence electrons. The molecule has 4 aromatic rings. The molecule has 1 amide bonds. The number of carbonyl (C=O) groups excluding carboxylic acids is 1. The average molecular weight is 410 g/mol. The summed E-state index contributed by atoms with van der Waals surface area (Å²) in [6.45, 7) is 0. The normalized spacial score (nSPS) is 10.8. The van der Waals surface area contributed by atoms with Crippen molar-refractivity contribution in [2.75, 3.05) is 5.32 Å². The number of fused-ring (bicyclic) bond motifs is 1. The standard InChI is InChI=1S/C20H12ClN3O3S/c21-17-9-8-13(24(26)27)10-16(17)19(25)23-20-22-18(11-28-20)15-7-3-5-12-4-1-2-6-14(12)15/h1-11H,(H,22,23,25). The van der Waals surface area contributed by atoms with Gasteiger partial charge in [0.15, 0.2) is 5.13 Å². The summed E-state index contributed by atoms with van der Waals surface area (Å²) in [5.74, 6) is -0.549. The van der Waals surface area contributed by atoms with Crippen LogP contribution >= 0.6 is 22.9 Å². The first-order chi connectivity index (χ1) is 13.5. The zero-order chi connectivity index (χ0) is 19.7. The van der Waals surface area contributed by atoms with Gasteiger partial charge in [-0.3, -0.25) is 20.2 Å². The van der Waals surface area contributed by atoms with Crippen LogP contribution in [-0.2, 0) is 0 Å². The lowest BCUT2D eigenvalue weighted by Gasteiger charge is -2.05. The van der Waals surface area contributed by atoms with Gasteiger partial charge in [0, 0.05) is 23.1 Å². The Balaban J connectivity index is 1.63. The number of benzene rings is 3. The topological polar surface area (TPSA) is 85.1 Å². The molecular weight excluding hydrogens is 398 g/mol. The first-order valence-corrected chi connectivity index (χ1v) is 9.47. The fourth-order valence-electron chi connectivity index (χ4n) is 2.87. The summed E-state index contributed by atoms with van der Waals surface area (Å²) >= 11 is 7.30. The van der Waals surface area contributed by atoms with Gasteiger partial charge in [0.1, 0.15) is 0 Å². The second-order valence-electron chi connectivity index (χ2n) is 5.94. The molecule has 0 aliphatic rings. The van der Waals surface area contributed by atoms with Gasteiger partial charge >= 0.3 is 0 Å². The van der Waals surface area contributed by atoms with Crippen molar-refractivity contribution in [1.82, 2.24) is 4.98 Å². The molecule has 0 unspecified atom stereocenters. The Labute approximate surface area is 168 Å². The molecule has 8 heteroatoms. The fraction of sp³-hybridized carbons (Fsp3) is 0. The number of halogens is 1. The minimum absolute atomic E-state index is 0.0257. The lowest BCUT2D eigenvalue weighted by molar-refractivity contribution is -0.384. The number of nitro groups is 1.